The van der Waals surface area contributed by atoms with E-state index in [9.17, 15) is 14.4 Å². The van der Waals surface area contributed by atoms with E-state index in [2.05, 4.69) is 10.6 Å². The number of ether oxygens (including phenoxy) is 4. The number of fused-ring (bicyclic) bond motifs is 3. The normalized spacial score (nSPS) is 13.8. The minimum absolute atomic E-state index is 0.0353. The maximum atomic E-state index is 13.5. The van der Waals surface area contributed by atoms with E-state index in [-0.39, 0.29) is 42.8 Å². The van der Waals surface area contributed by atoms with Crippen LogP contribution < -0.4 is 35.1 Å². The fourth-order valence-corrected chi connectivity index (χ4v) is 5.36. The second-order valence-corrected chi connectivity index (χ2v) is 11.0. The lowest BCUT2D eigenvalue weighted by Gasteiger charge is -2.15. The van der Waals surface area contributed by atoms with Gasteiger partial charge in [-0.2, -0.15) is 0 Å². The van der Waals surface area contributed by atoms with E-state index < -0.39 is 0 Å². The van der Waals surface area contributed by atoms with Crippen molar-refractivity contribution >= 4 is 34.5 Å². The maximum absolute atomic E-state index is 13.5. The van der Waals surface area contributed by atoms with Crippen molar-refractivity contribution in [3.8, 4) is 23.0 Å². The number of benzene rings is 2. The van der Waals surface area contributed by atoms with E-state index in [1.165, 1.54) is 11.8 Å². The van der Waals surface area contributed by atoms with Crippen molar-refractivity contribution in [3.63, 3.8) is 0 Å². The molecule has 41 heavy (non-hydrogen) atoms. The highest BCUT2D eigenvalue weighted by atomic mass is 32.2. The van der Waals surface area contributed by atoms with Gasteiger partial charge in [-0.05, 0) is 49.9 Å². The number of amides is 2. The first-order chi connectivity index (χ1) is 19.9. The number of hydrogen-bond acceptors (Lipinski definition) is 9. The molecule has 3 heterocycles. The van der Waals surface area contributed by atoms with Crippen molar-refractivity contribution in [2.24, 2.45) is 0 Å². The van der Waals surface area contributed by atoms with Crippen LogP contribution in [-0.2, 0) is 22.7 Å². The van der Waals surface area contributed by atoms with Crippen LogP contribution in [0.15, 0.2) is 40.3 Å². The van der Waals surface area contributed by atoms with Crippen LogP contribution in [0.5, 0.6) is 23.0 Å². The van der Waals surface area contributed by atoms with E-state index >= 15 is 0 Å². The Kier molecular flexibility index (Phi) is 9.17. The molecular weight excluding hydrogens is 548 g/mol. The minimum atomic E-state index is -0.195. The molecule has 2 aliphatic heterocycles. The Morgan fingerprint density at radius 2 is 1.71 bits per heavy atom. The van der Waals surface area contributed by atoms with E-state index in [1.807, 2.05) is 32.0 Å². The Bertz CT molecular complexity index is 1490. The molecule has 0 fully saturated rings. The van der Waals surface area contributed by atoms with Crippen LogP contribution in [0.2, 0.25) is 0 Å². The fraction of sp³-hybridized carbons (Fsp3) is 0.448. The molecule has 2 aromatic carbocycles. The highest BCUT2D eigenvalue weighted by Crippen LogP contribution is 2.35. The Balaban J connectivity index is 1.17. The first-order valence-electron chi connectivity index (χ1n) is 13.8. The third-order valence-corrected chi connectivity index (χ3v) is 7.95. The number of carbonyl (C=O) groups excluding carboxylic acids is 2. The van der Waals surface area contributed by atoms with E-state index in [0.717, 1.165) is 18.4 Å². The largest absolute Gasteiger partial charge is 0.454 e. The Morgan fingerprint density at radius 3 is 2.49 bits per heavy atom. The summed E-state index contributed by atoms with van der Waals surface area (Å²) in [5.74, 6) is 2.47. The third kappa shape index (κ3) is 7.05. The second-order valence-electron chi connectivity index (χ2n) is 10.0. The summed E-state index contributed by atoms with van der Waals surface area (Å²) in [4.78, 5) is 43.0. The van der Waals surface area contributed by atoms with Gasteiger partial charge in [0.1, 0.15) is 0 Å². The molecule has 1 atom stereocenters. The first kappa shape index (κ1) is 28.6. The average molecular weight is 583 g/mol. The van der Waals surface area contributed by atoms with Gasteiger partial charge in [-0.3, -0.25) is 19.0 Å². The van der Waals surface area contributed by atoms with Crippen molar-refractivity contribution in [1.29, 1.82) is 0 Å². The number of carbonyl (C=O) groups is 2. The highest BCUT2D eigenvalue weighted by molar-refractivity contribution is 7.99. The quantitative estimate of drug-likeness (QED) is 0.176. The smallest absolute Gasteiger partial charge is 0.262 e. The van der Waals surface area contributed by atoms with Gasteiger partial charge in [0, 0.05) is 31.6 Å². The summed E-state index contributed by atoms with van der Waals surface area (Å²) >= 11 is 1.24. The Hall–Kier alpha value is -3.93. The number of nitrogens with one attached hydrogen (secondary N) is 2. The van der Waals surface area contributed by atoms with Gasteiger partial charge >= 0.3 is 0 Å². The average Bonchev–Trinajstić information content (AvgIpc) is 3.63. The molecule has 0 aliphatic carbocycles. The molecule has 1 unspecified atom stereocenters. The van der Waals surface area contributed by atoms with Gasteiger partial charge in [-0.15, -0.1) is 0 Å². The summed E-state index contributed by atoms with van der Waals surface area (Å²) in [7, 11) is 0. The van der Waals surface area contributed by atoms with Gasteiger partial charge in [0.15, 0.2) is 28.2 Å². The second kappa shape index (κ2) is 13.2. The summed E-state index contributed by atoms with van der Waals surface area (Å²) in [6.07, 6.45) is 3.33. The van der Waals surface area contributed by atoms with Gasteiger partial charge in [0.2, 0.25) is 25.4 Å². The Labute approximate surface area is 241 Å². The molecule has 11 nitrogen and oxygen atoms in total. The van der Waals surface area contributed by atoms with Crippen LogP contribution in [0, 0.1) is 0 Å². The molecule has 3 aromatic rings. The molecule has 2 N–H and O–H groups in total. The molecule has 2 amide bonds. The highest BCUT2D eigenvalue weighted by Gasteiger charge is 2.20. The molecule has 2 aliphatic rings. The van der Waals surface area contributed by atoms with Crippen molar-refractivity contribution in [3.05, 3.63) is 46.2 Å². The van der Waals surface area contributed by atoms with Gasteiger partial charge in [-0.1, -0.05) is 31.2 Å². The predicted molar refractivity (Wildman–Crippen MR) is 154 cm³/mol. The minimum Gasteiger partial charge on any atom is -0.454 e. The SMILES string of the molecule is CCC(C)NC(=O)CSc1nc2cc3c(cc2c(=O)n1CCCCCC(=O)NCc1ccc2c(c1)OCO2)OCO3. The van der Waals surface area contributed by atoms with E-state index in [0.29, 0.717) is 71.4 Å². The van der Waals surface area contributed by atoms with Crippen LogP contribution in [0.3, 0.4) is 0 Å². The lowest BCUT2D eigenvalue weighted by molar-refractivity contribution is -0.121. The Morgan fingerprint density at radius 1 is 0.976 bits per heavy atom. The number of nitrogens with zero attached hydrogens (tertiary/aromatic N) is 2. The number of rotatable bonds is 13. The van der Waals surface area contributed by atoms with Gasteiger partial charge < -0.3 is 29.6 Å². The fourth-order valence-electron chi connectivity index (χ4n) is 4.52. The topological polar surface area (TPSA) is 130 Å². The van der Waals surface area contributed by atoms with Crippen molar-refractivity contribution < 1.29 is 28.5 Å². The standard InChI is InChI=1S/C29H34N4O7S/c1-3-18(2)31-27(35)15-41-29-32-21-13-25-24(39-17-40-25)12-20(21)28(36)33(29)10-6-4-5-7-26(34)30-14-19-8-9-22-23(11-19)38-16-37-22/h8-9,11-13,18H,3-7,10,14-17H2,1-2H3,(H,30,34)(H,31,35). The summed E-state index contributed by atoms with van der Waals surface area (Å²) in [6, 6.07) is 9.05. The maximum Gasteiger partial charge on any atom is 0.262 e. The summed E-state index contributed by atoms with van der Waals surface area (Å²) in [5, 5.41) is 6.79. The van der Waals surface area contributed by atoms with Crippen LogP contribution in [-0.4, -0.2) is 46.7 Å². The number of thioether (sulfide) groups is 1. The van der Waals surface area contributed by atoms with Crippen LogP contribution in [0.25, 0.3) is 10.9 Å². The zero-order valence-electron chi connectivity index (χ0n) is 23.2. The zero-order valence-corrected chi connectivity index (χ0v) is 24.0. The molecule has 5 rings (SSSR count). The number of hydrogen-bond donors (Lipinski definition) is 2. The molecule has 1 aromatic heterocycles. The zero-order chi connectivity index (χ0) is 28.8. The molecule has 12 heteroatoms. The summed E-state index contributed by atoms with van der Waals surface area (Å²) in [6.45, 7) is 5.11. The van der Waals surface area contributed by atoms with Crippen molar-refractivity contribution in [2.45, 2.75) is 70.2 Å². The molecule has 0 radical (unpaired) electrons. The van der Waals surface area contributed by atoms with E-state index in [4.69, 9.17) is 23.9 Å². The molecule has 218 valence electrons. The molecule has 0 spiro atoms. The van der Waals surface area contributed by atoms with Gasteiger partial charge in [0.25, 0.3) is 5.56 Å². The lowest BCUT2D eigenvalue weighted by Crippen LogP contribution is -2.33. The molecule has 0 bridgehead atoms. The predicted octanol–water partition coefficient (Wildman–Crippen LogP) is 3.74. The van der Waals surface area contributed by atoms with Crippen LogP contribution in [0.1, 0.15) is 51.5 Å². The van der Waals surface area contributed by atoms with Gasteiger partial charge in [0.05, 0.1) is 16.7 Å². The first-order valence-corrected chi connectivity index (χ1v) is 14.8. The van der Waals surface area contributed by atoms with E-state index in [1.54, 1.807) is 16.7 Å². The van der Waals surface area contributed by atoms with Crippen molar-refractivity contribution in [2.75, 3.05) is 19.3 Å². The summed E-state index contributed by atoms with van der Waals surface area (Å²) < 4.78 is 23.2. The number of aromatic nitrogens is 2. The van der Waals surface area contributed by atoms with Gasteiger partial charge in [-0.25, -0.2) is 4.98 Å². The molecule has 0 saturated heterocycles. The molecular formula is C29H34N4O7S. The monoisotopic (exact) mass is 582 g/mol. The number of unbranched alkanes of at least 4 members (excludes halogenated alkanes) is 2. The van der Waals surface area contributed by atoms with Crippen LogP contribution >= 0.6 is 11.8 Å². The lowest BCUT2D eigenvalue weighted by atomic mass is 10.1. The van der Waals surface area contributed by atoms with Crippen LogP contribution in [0.4, 0.5) is 0 Å². The summed E-state index contributed by atoms with van der Waals surface area (Å²) in [5.41, 5.74) is 1.25. The third-order valence-electron chi connectivity index (χ3n) is 6.98. The molecule has 0 saturated carbocycles. The van der Waals surface area contributed by atoms with Crippen molar-refractivity contribution in [1.82, 2.24) is 20.2 Å².